The van der Waals surface area contributed by atoms with Gasteiger partial charge < -0.3 is 34.1 Å². The van der Waals surface area contributed by atoms with Gasteiger partial charge >= 0.3 is 0 Å². The van der Waals surface area contributed by atoms with Crippen LogP contribution in [-0.2, 0) is 28.5 Å². The Morgan fingerprint density at radius 3 is 2.33 bits per heavy atom. The van der Waals surface area contributed by atoms with Crippen LogP contribution in [0.3, 0.4) is 0 Å². The third kappa shape index (κ3) is 4.65. The largest absolute Gasteiger partial charge is 0.379 e. The van der Waals surface area contributed by atoms with Crippen LogP contribution in [0.4, 0.5) is 0 Å². The van der Waals surface area contributed by atoms with E-state index in [1.807, 2.05) is 13.8 Å². The van der Waals surface area contributed by atoms with Gasteiger partial charge in [-0.2, -0.15) is 0 Å². The second-order valence-corrected chi connectivity index (χ2v) is 6.41. The van der Waals surface area contributed by atoms with E-state index in [0.29, 0.717) is 12.8 Å². The molecule has 2 aliphatic heterocycles. The second kappa shape index (κ2) is 8.55. The molecule has 8 heteroatoms. The number of ether oxygens (including phenoxy) is 5. The Labute approximate surface area is 142 Å². The van der Waals surface area contributed by atoms with Crippen molar-refractivity contribution in [3.63, 3.8) is 0 Å². The molecule has 0 bridgehead atoms. The molecule has 24 heavy (non-hydrogen) atoms. The van der Waals surface area contributed by atoms with Gasteiger partial charge in [-0.15, -0.1) is 0 Å². The number of rotatable bonds is 5. The zero-order valence-electron chi connectivity index (χ0n) is 14.9. The Kier molecular flexibility index (Phi) is 6.97. The van der Waals surface area contributed by atoms with Crippen LogP contribution in [0.5, 0.6) is 0 Å². The number of carbonyl (C=O) groups is 1. The molecule has 2 aliphatic rings. The summed E-state index contributed by atoms with van der Waals surface area (Å²) in [4.78, 5) is 11.4. The number of hydrogen-bond donors (Lipinski definition) is 2. The zero-order valence-corrected chi connectivity index (χ0v) is 14.9. The van der Waals surface area contributed by atoms with E-state index in [9.17, 15) is 9.90 Å². The molecular weight excluding hydrogens is 318 g/mol. The summed E-state index contributed by atoms with van der Waals surface area (Å²) in [6.45, 7) is 5.18. The molecule has 2 fully saturated rings. The van der Waals surface area contributed by atoms with Gasteiger partial charge in [0.05, 0.1) is 30.5 Å². The Balaban J connectivity index is 2.01. The minimum Gasteiger partial charge on any atom is -0.379 e. The lowest BCUT2D eigenvalue weighted by Gasteiger charge is -2.44. The average molecular weight is 347 g/mol. The van der Waals surface area contributed by atoms with Crippen molar-refractivity contribution in [3.8, 4) is 0 Å². The third-order valence-corrected chi connectivity index (χ3v) is 4.62. The van der Waals surface area contributed by atoms with Gasteiger partial charge in [0.2, 0.25) is 5.91 Å². The molecular formula is C16H29NO7. The number of methoxy groups -OCH3 is 2. The maximum atomic E-state index is 11.4. The molecule has 0 aromatic carbocycles. The third-order valence-electron chi connectivity index (χ3n) is 4.62. The first-order valence-corrected chi connectivity index (χ1v) is 8.32. The van der Waals surface area contributed by atoms with E-state index in [-0.39, 0.29) is 42.5 Å². The van der Waals surface area contributed by atoms with E-state index >= 15 is 0 Å². The Hall–Kier alpha value is -0.770. The molecule has 0 radical (unpaired) electrons. The molecule has 8 nitrogen and oxygen atoms in total. The summed E-state index contributed by atoms with van der Waals surface area (Å²) in [5.74, 6) is -0.125. The first-order valence-electron chi connectivity index (χ1n) is 8.32. The molecule has 0 aromatic rings. The number of hydrogen-bond acceptors (Lipinski definition) is 7. The van der Waals surface area contributed by atoms with Crippen LogP contribution < -0.4 is 5.32 Å². The van der Waals surface area contributed by atoms with E-state index in [1.54, 1.807) is 14.2 Å². The fraction of sp³-hybridized carbons (Fsp3) is 0.938. The second-order valence-electron chi connectivity index (χ2n) is 6.41. The van der Waals surface area contributed by atoms with E-state index in [4.69, 9.17) is 23.7 Å². The molecule has 2 heterocycles. The molecule has 1 amide bonds. The van der Waals surface area contributed by atoms with Gasteiger partial charge in [-0.1, -0.05) is 0 Å². The number of aliphatic hydroxyl groups is 1. The normalized spacial score (nSPS) is 43.4. The highest BCUT2D eigenvalue weighted by molar-refractivity contribution is 5.73. The summed E-state index contributed by atoms with van der Waals surface area (Å²) in [6.07, 6.45) is -1.97. The van der Waals surface area contributed by atoms with Crippen molar-refractivity contribution in [1.82, 2.24) is 5.32 Å². The summed E-state index contributed by atoms with van der Waals surface area (Å²) >= 11 is 0. The van der Waals surface area contributed by atoms with Crippen LogP contribution in [0.1, 0.15) is 33.6 Å². The lowest BCUT2D eigenvalue weighted by Crippen LogP contribution is -2.58. The van der Waals surface area contributed by atoms with Crippen LogP contribution in [-0.4, -0.2) is 74.4 Å². The number of carbonyl (C=O) groups excluding carboxylic acids is 1. The maximum Gasteiger partial charge on any atom is 0.217 e. The minimum absolute atomic E-state index is 0.125. The van der Waals surface area contributed by atoms with Crippen LogP contribution in [0.25, 0.3) is 0 Å². The summed E-state index contributed by atoms with van der Waals surface area (Å²) in [5, 5.41) is 12.6. The first-order chi connectivity index (χ1) is 11.3. The van der Waals surface area contributed by atoms with Crippen molar-refractivity contribution in [3.05, 3.63) is 0 Å². The summed E-state index contributed by atoms with van der Waals surface area (Å²) in [6, 6.07) is -0.229. The van der Waals surface area contributed by atoms with Gasteiger partial charge in [-0.05, 0) is 13.8 Å². The SMILES string of the molecule is CO[C@H]1C[C@H](O[C@H]2[C@H](C)O[C@@H](O)C[C@@H]2OC)O[C@@H](C)[C@@H]1NC(C)=O. The molecule has 2 rings (SSSR count). The van der Waals surface area contributed by atoms with Crippen molar-refractivity contribution >= 4 is 5.91 Å². The predicted molar refractivity (Wildman–Crippen MR) is 84.2 cm³/mol. The fourth-order valence-corrected chi connectivity index (χ4v) is 3.41. The minimum atomic E-state index is -0.855. The molecule has 0 aromatic heterocycles. The highest BCUT2D eigenvalue weighted by atomic mass is 16.7. The van der Waals surface area contributed by atoms with Crippen LogP contribution in [0, 0.1) is 0 Å². The molecule has 2 N–H and O–H groups in total. The fourth-order valence-electron chi connectivity index (χ4n) is 3.41. The van der Waals surface area contributed by atoms with E-state index in [0.717, 1.165) is 0 Å². The average Bonchev–Trinajstić information content (AvgIpc) is 2.51. The standard InChI is InChI=1S/C16H29NO7/c1-8-15(17-10(3)18)11(20-4)7-14(23-8)24-16-9(2)22-13(19)6-12(16)21-5/h8-9,11-16,19H,6-7H2,1-5H3,(H,17,18)/t8-,9-,11-,12-,13+,14-,15-,16-/m0/s1. The Morgan fingerprint density at radius 1 is 1.08 bits per heavy atom. The molecule has 0 aliphatic carbocycles. The first kappa shape index (κ1) is 19.6. The highest BCUT2D eigenvalue weighted by Crippen LogP contribution is 2.29. The quantitative estimate of drug-likeness (QED) is 0.732. The molecule has 140 valence electrons. The summed E-state index contributed by atoms with van der Waals surface area (Å²) in [7, 11) is 3.19. The van der Waals surface area contributed by atoms with Crippen molar-refractivity contribution in [2.45, 2.75) is 82.8 Å². The Bertz CT molecular complexity index is 421. The lowest BCUT2D eigenvalue weighted by molar-refractivity contribution is -0.301. The van der Waals surface area contributed by atoms with Gasteiger partial charge in [0.15, 0.2) is 12.6 Å². The molecule has 0 spiro atoms. The van der Waals surface area contributed by atoms with Crippen LogP contribution in [0.15, 0.2) is 0 Å². The molecule has 2 saturated heterocycles. The highest BCUT2D eigenvalue weighted by Gasteiger charge is 2.43. The number of amides is 1. The van der Waals surface area contributed by atoms with E-state index < -0.39 is 12.6 Å². The van der Waals surface area contributed by atoms with Crippen molar-refractivity contribution in [1.29, 1.82) is 0 Å². The molecule has 0 unspecified atom stereocenters. The van der Waals surface area contributed by atoms with Crippen molar-refractivity contribution < 1.29 is 33.6 Å². The predicted octanol–water partition coefficient (Wildman–Crippen LogP) is 0.168. The van der Waals surface area contributed by atoms with Gasteiger partial charge in [0.25, 0.3) is 0 Å². The van der Waals surface area contributed by atoms with E-state index in [2.05, 4.69) is 5.32 Å². The number of aliphatic hydroxyl groups excluding tert-OH is 1. The zero-order chi connectivity index (χ0) is 17.9. The van der Waals surface area contributed by atoms with Gasteiger partial charge in [0, 0.05) is 34.0 Å². The van der Waals surface area contributed by atoms with Crippen LogP contribution in [0.2, 0.25) is 0 Å². The summed E-state index contributed by atoms with van der Waals surface area (Å²) in [5.41, 5.74) is 0. The monoisotopic (exact) mass is 347 g/mol. The van der Waals surface area contributed by atoms with E-state index in [1.165, 1.54) is 6.92 Å². The van der Waals surface area contributed by atoms with Gasteiger partial charge in [0.1, 0.15) is 6.10 Å². The Morgan fingerprint density at radius 2 is 1.75 bits per heavy atom. The lowest BCUT2D eigenvalue weighted by atomic mass is 9.98. The van der Waals surface area contributed by atoms with Gasteiger partial charge in [-0.3, -0.25) is 4.79 Å². The molecule has 8 atom stereocenters. The van der Waals surface area contributed by atoms with Crippen LogP contribution >= 0.6 is 0 Å². The van der Waals surface area contributed by atoms with Gasteiger partial charge in [-0.25, -0.2) is 0 Å². The summed E-state index contributed by atoms with van der Waals surface area (Å²) < 4.78 is 28.4. The maximum absolute atomic E-state index is 11.4. The topological polar surface area (TPSA) is 95.5 Å². The number of nitrogens with one attached hydrogen (secondary N) is 1. The van der Waals surface area contributed by atoms with Crippen molar-refractivity contribution in [2.24, 2.45) is 0 Å². The van der Waals surface area contributed by atoms with Crippen molar-refractivity contribution in [2.75, 3.05) is 14.2 Å². The molecule has 0 saturated carbocycles. The smallest absolute Gasteiger partial charge is 0.217 e.